The van der Waals surface area contributed by atoms with E-state index in [4.69, 9.17) is 1.37 Å². The second-order valence-electron chi connectivity index (χ2n) is 29.7. The molecule has 4 aromatic heterocycles. The van der Waals surface area contributed by atoms with E-state index in [0.29, 0.717) is 10.1 Å². The summed E-state index contributed by atoms with van der Waals surface area (Å²) < 4.78 is 46.3. The number of nitrogens with zero attached hydrogens (tertiary/aromatic N) is 4. The highest BCUT2D eigenvalue weighted by atomic mass is 32.1. The summed E-state index contributed by atoms with van der Waals surface area (Å²) in [5, 5.41) is 8.51. The van der Waals surface area contributed by atoms with Crippen LogP contribution in [0, 0.1) is 0 Å². The van der Waals surface area contributed by atoms with Crippen LogP contribution < -0.4 is 26.2 Å². The molecule has 19 rings (SSSR count). The number of anilines is 6. The third-order valence-corrected chi connectivity index (χ3v) is 23.1. The zero-order valence-electron chi connectivity index (χ0n) is 59.8. The number of para-hydroxylation sites is 6. The zero-order chi connectivity index (χ0) is 69.0. The molecule has 97 heavy (non-hydrogen) atoms. The largest absolute Gasteiger partial charge is 0.309 e. The van der Waals surface area contributed by atoms with Crippen LogP contribution in [0.25, 0.3) is 118 Å². The van der Waals surface area contributed by atoms with Gasteiger partial charge in [-0.3, -0.25) is 0 Å². The van der Waals surface area contributed by atoms with Crippen molar-refractivity contribution in [2.24, 2.45) is 0 Å². The Kier molecular flexibility index (Phi) is 11.7. The van der Waals surface area contributed by atoms with Crippen LogP contribution in [-0.2, 0) is 16.2 Å². The van der Waals surface area contributed by atoms with Gasteiger partial charge in [0, 0.05) is 95.8 Å². The Morgan fingerprint density at radius 2 is 0.753 bits per heavy atom. The van der Waals surface area contributed by atoms with Crippen LogP contribution in [0.1, 0.15) is 84.5 Å². The molecule has 0 unspecified atom stereocenters. The number of aromatic nitrogens is 2. The molecule has 0 saturated heterocycles. The Morgan fingerprint density at radius 1 is 0.320 bits per heavy atom. The first-order valence-corrected chi connectivity index (χ1v) is 35.5. The van der Waals surface area contributed by atoms with Crippen molar-refractivity contribution >= 4 is 164 Å². The van der Waals surface area contributed by atoms with Gasteiger partial charge in [0.15, 0.2) is 0 Å². The van der Waals surface area contributed by atoms with Crippen LogP contribution in [0.4, 0.5) is 34.1 Å². The lowest BCUT2D eigenvalue weighted by atomic mass is 9.33. The highest BCUT2D eigenvalue weighted by Crippen LogP contribution is 2.56. The van der Waals surface area contributed by atoms with Gasteiger partial charge in [0.1, 0.15) is 0 Å². The second kappa shape index (κ2) is 21.0. The maximum Gasteiger partial charge on any atom is 0.252 e. The minimum Gasteiger partial charge on any atom is -0.309 e. The highest BCUT2D eigenvalue weighted by Gasteiger charge is 2.47. The highest BCUT2D eigenvalue weighted by molar-refractivity contribution is 7.26. The lowest BCUT2D eigenvalue weighted by Crippen LogP contribution is -2.61. The molecule has 0 atom stereocenters. The van der Waals surface area contributed by atoms with Crippen molar-refractivity contribution in [3.8, 4) is 33.6 Å². The fraction of sp³-hybridized carbons (Fsp3) is 0.133. The maximum atomic E-state index is 9.76. The predicted octanol–water partition coefficient (Wildman–Crippen LogP) is 23.9. The summed E-state index contributed by atoms with van der Waals surface area (Å²) in [6.07, 6.45) is 0. The van der Waals surface area contributed by atoms with Crippen molar-refractivity contribution in [2.45, 2.75) is 78.6 Å². The van der Waals surface area contributed by atoms with Gasteiger partial charge < -0.3 is 18.9 Å². The molecule has 0 saturated carbocycles. The molecule has 13 aromatic carbocycles. The van der Waals surface area contributed by atoms with Crippen LogP contribution in [0.5, 0.6) is 0 Å². The molecule has 0 radical (unpaired) electrons. The van der Waals surface area contributed by atoms with Gasteiger partial charge in [-0.25, -0.2) is 0 Å². The Hall–Kier alpha value is -10.4. The lowest BCUT2D eigenvalue weighted by molar-refractivity contribution is 0.590. The van der Waals surface area contributed by atoms with E-state index in [1.807, 2.05) is 11.3 Å². The molecule has 7 heteroatoms. The normalized spacial score (nSPS) is 13.9. The molecule has 466 valence electrons. The van der Waals surface area contributed by atoms with Crippen molar-refractivity contribution in [1.82, 2.24) is 9.13 Å². The van der Waals surface area contributed by atoms with Crippen LogP contribution in [0.2, 0.25) is 0 Å². The Balaban J connectivity index is 1.01. The van der Waals surface area contributed by atoms with E-state index in [2.05, 4.69) is 324 Å². The van der Waals surface area contributed by atoms with E-state index in [1.54, 1.807) is 0 Å². The average molecular weight is 1290 g/mol. The first-order valence-electron chi connectivity index (χ1n) is 35.9. The van der Waals surface area contributed by atoms with Crippen LogP contribution >= 0.6 is 22.7 Å². The monoisotopic (exact) mass is 1290 g/mol. The number of hydrogen-bond acceptors (Lipinski definition) is 4. The molecule has 4 nitrogen and oxygen atoms in total. The van der Waals surface area contributed by atoms with Gasteiger partial charge in [-0.05, 0) is 151 Å². The number of benzene rings is 13. The van der Waals surface area contributed by atoms with E-state index in [9.17, 15) is 4.11 Å². The predicted molar refractivity (Wildman–Crippen MR) is 422 cm³/mol. The molecule has 2 aliphatic rings. The van der Waals surface area contributed by atoms with E-state index in [-0.39, 0.29) is 47.1 Å². The van der Waals surface area contributed by atoms with Crippen molar-refractivity contribution in [3.05, 3.63) is 284 Å². The number of fused-ring (bicyclic) bond motifs is 16. The molecule has 0 aliphatic carbocycles. The van der Waals surface area contributed by atoms with Crippen molar-refractivity contribution < 1.29 is 5.48 Å². The molecule has 2 aliphatic heterocycles. The standard InChI is InChI=1S/C90H71BN4S2/c1-88(2,3)55-44-46-68-76(50-55)94(86-58(54-43-48-82-67(49-54)63-29-14-20-40-80(63)96-82)31-22-38-74(86)92-70-34-16-10-25-59(70)60-26-11-17-35-71(60)92)78-52-57(90(7,8)9)53-79-85(78)91(68)69-47-45-56(89(4,5)6)51-77(69)95(79)87-65(64-32-24-42-83-84(64)66-30-15-21-41-81(66)97-83)33-23-39-75(87)93-72-36-18-12-27-61(72)62-28-13-19-37-73(62)93/h10-53H,1-9H3/i15D,21D,30D,41D. The fourth-order valence-corrected chi connectivity index (χ4v) is 18.3. The molecule has 0 N–H and O–H groups in total. The Bertz CT molecular complexity index is 6340. The summed E-state index contributed by atoms with van der Waals surface area (Å²) in [6, 6.07) is 90.7. The number of rotatable bonds is 6. The fourth-order valence-electron chi connectivity index (χ4n) is 16.2. The Labute approximate surface area is 580 Å². The van der Waals surface area contributed by atoms with Gasteiger partial charge in [0.25, 0.3) is 6.71 Å². The van der Waals surface area contributed by atoms with Crippen molar-refractivity contribution in [2.75, 3.05) is 9.80 Å². The van der Waals surface area contributed by atoms with Crippen molar-refractivity contribution in [3.63, 3.8) is 0 Å². The molecule has 0 fully saturated rings. The summed E-state index contributed by atoms with van der Waals surface area (Å²) in [5.41, 5.74) is 23.2. The molecular weight excluding hydrogens is 1210 g/mol. The summed E-state index contributed by atoms with van der Waals surface area (Å²) in [7, 11) is 0. The Morgan fingerprint density at radius 3 is 1.30 bits per heavy atom. The van der Waals surface area contributed by atoms with Gasteiger partial charge in [-0.1, -0.05) is 238 Å². The minimum atomic E-state index is -0.390. The average Bonchev–Trinajstić information content (AvgIpc) is 0.795. The maximum absolute atomic E-state index is 9.76. The van der Waals surface area contributed by atoms with Crippen molar-refractivity contribution in [1.29, 1.82) is 0 Å². The van der Waals surface area contributed by atoms with Gasteiger partial charge in [-0.2, -0.15) is 0 Å². The van der Waals surface area contributed by atoms with E-state index < -0.39 is 0 Å². The summed E-state index contributed by atoms with van der Waals surface area (Å²) in [4.78, 5) is 5.32. The van der Waals surface area contributed by atoms with E-state index in [1.165, 1.54) is 75.4 Å². The topological polar surface area (TPSA) is 16.3 Å². The molecule has 0 spiro atoms. The van der Waals surface area contributed by atoms with Gasteiger partial charge in [-0.15, -0.1) is 22.7 Å². The lowest BCUT2D eigenvalue weighted by Gasteiger charge is -2.47. The molecular formula is C90H71BN4S2. The number of hydrogen-bond donors (Lipinski definition) is 0. The van der Waals surface area contributed by atoms with Gasteiger partial charge >= 0.3 is 0 Å². The van der Waals surface area contributed by atoms with Crippen LogP contribution in [0.15, 0.2) is 267 Å². The second-order valence-corrected chi connectivity index (χ2v) is 31.8. The van der Waals surface area contributed by atoms with Crippen LogP contribution in [-0.4, -0.2) is 15.8 Å². The molecule has 0 bridgehead atoms. The third-order valence-electron chi connectivity index (χ3n) is 20.9. The molecule has 17 aromatic rings. The molecule has 0 amide bonds. The van der Waals surface area contributed by atoms with Gasteiger partial charge in [0.05, 0.1) is 50.3 Å². The van der Waals surface area contributed by atoms with Crippen LogP contribution in [0.3, 0.4) is 0 Å². The quantitative estimate of drug-likeness (QED) is 0.154. The smallest absolute Gasteiger partial charge is 0.252 e. The van der Waals surface area contributed by atoms with E-state index >= 15 is 0 Å². The van der Waals surface area contributed by atoms with Gasteiger partial charge in [0.2, 0.25) is 0 Å². The minimum absolute atomic E-state index is 0.0217. The first-order chi connectivity index (χ1) is 48.7. The third kappa shape index (κ3) is 8.67. The van der Waals surface area contributed by atoms with E-state index in [0.717, 1.165) is 111 Å². The zero-order valence-corrected chi connectivity index (χ0v) is 57.4. The molecule has 6 heterocycles. The SMILES string of the molecule is [2H]c1c([2H])c([2H])c2c(sc3cccc(-c4cccc(-n5c6ccccc6c6ccccc65)c4N4c5cc(C(C)(C)C)ccc5B5c6ccc(C(C)(C)C)cc6N(c6c(-c7ccc8sc9ccccc9c8c7)cccc6-n6c7ccccc7c7ccccc76)c6cc(C(C)(C)C)cc4c65)c32)c1[2H]. The summed E-state index contributed by atoms with van der Waals surface area (Å²) in [6.45, 7) is 20.8. The first kappa shape index (κ1) is 53.8. The summed E-state index contributed by atoms with van der Waals surface area (Å²) >= 11 is 3.29. The summed E-state index contributed by atoms with van der Waals surface area (Å²) in [5.74, 6) is 0. The number of thiophene rings is 2.